The van der Waals surface area contributed by atoms with Crippen molar-refractivity contribution in [3.05, 3.63) is 34.5 Å². The Morgan fingerprint density at radius 2 is 1.96 bits per heavy atom. The third-order valence-corrected chi connectivity index (χ3v) is 5.16. The predicted octanol–water partition coefficient (Wildman–Crippen LogP) is 3.56. The zero-order valence-corrected chi connectivity index (χ0v) is 14.6. The molecule has 0 spiro atoms. The molecule has 1 amide bonds. The van der Waals surface area contributed by atoms with E-state index >= 15 is 0 Å². The van der Waals surface area contributed by atoms with Gasteiger partial charge in [-0.15, -0.1) is 0 Å². The van der Waals surface area contributed by atoms with Crippen molar-refractivity contribution in [3.63, 3.8) is 0 Å². The maximum Gasteiger partial charge on any atom is 0.306 e. The second-order valence-electron chi connectivity index (χ2n) is 6.28. The molecule has 1 saturated heterocycles. The van der Waals surface area contributed by atoms with Gasteiger partial charge in [0.25, 0.3) is 5.91 Å². The number of rotatable bonds is 3. The van der Waals surface area contributed by atoms with Crippen molar-refractivity contribution in [1.82, 2.24) is 9.47 Å². The molecule has 3 rings (SSSR count). The Balaban J connectivity index is 1.96. The van der Waals surface area contributed by atoms with E-state index in [1.54, 1.807) is 4.90 Å². The second kappa shape index (κ2) is 6.48. The molecule has 1 fully saturated rings. The molecule has 6 heteroatoms. The zero-order valence-electron chi connectivity index (χ0n) is 13.9. The van der Waals surface area contributed by atoms with Crippen LogP contribution in [-0.2, 0) is 11.3 Å². The molecule has 0 bridgehead atoms. The molecule has 0 saturated carbocycles. The smallest absolute Gasteiger partial charge is 0.306 e. The minimum absolute atomic E-state index is 0.0227. The number of carbonyl (C=O) groups is 2. The fourth-order valence-corrected chi connectivity index (χ4v) is 3.75. The number of carboxylic acids is 1. The van der Waals surface area contributed by atoms with Crippen molar-refractivity contribution in [2.24, 2.45) is 5.92 Å². The van der Waals surface area contributed by atoms with Crippen molar-refractivity contribution in [2.45, 2.75) is 33.2 Å². The highest BCUT2D eigenvalue weighted by molar-refractivity contribution is 6.31. The lowest BCUT2D eigenvalue weighted by atomic mass is 9.97. The Kier molecular flexibility index (Phi) is 4.54. The summed E-state index contributed by atoms with van der Waals surface area (Å²) >= 11 is 6.11. The lowest BCUT2D eigenvalue weighted by Crippen LogP contribution is -2.41. The van der Waals surface area contributed by atoms with Crippen molar-refractivity contribution in [3.8, 4) is 0 Å². The first-order valence-corrected chi connectivity index (χ1v) is 8.62. The van der Waals surface area contributed by atoms with Gasteiger partial charge in [-0.3, -0.25) is 9.59 Å². The molecule has 0 radical (unpaired) electrons. The number of hydrogen-bond acceptors (Lipinski definition) is 2. The number of halogens is 1. The monoisotopic (exact) mass is 348 g/mol. The van der Waals surface area contributed by atoms with E-state index in [4.69, 9.17) is 16.7 Å². The van der Waals surface area contributed by atoms with E-state index in [1.807, 2.05) is 36.6 Å². The van der Waals surface area contributed by atoms with Crippen LogP contribution in [0.2, 0.25) is 5.02 Å². The summed E-state index contributed by atoms with van der Waals surface area (Å²) in [4.78, 5) is 25.9. The topological polar surface area (TPSA) is 62.5 Å². The van der Waals surface area contributed by atoms with Crippen LogP contribution in [0.1, 0.15) is 35.8 Å². The summed E-state index contributed by atoms with van der Waals surface area (Å²) in [6, 6.07) is 5.68. The van der Waals surface area contributed by atoms with Gasteiger partial charge in [0.2, 0.25) is 0 Å². The van der Waals surface area contributed by atoms with E-state index in [2.05, 4.69) is 0 Å². The largest absolute Gasteiger partial charge is 0.481 e. The number of fused-ring (bicyclic) bond motifs is 1. The highest BCUT2D eigenvalue weighted by Gasteiger charge is 2.30. The van der Waals surface area contributed by atoms with Crippen molar-refractivity contribution < 1.29 is 14.7 Å². The van der Waals surface area contributed by atoms with Crippen LogP contribution in [0.5, 0.6) is 0 Å². The van der Waals surface area contributed by atoms with Crippen LogP contribution in [-0.4, -0.2) is 39.5 Å². The Hall–Kier alpha value is -2.01. The van der Waals surface area contributed by atoms with Gasteiger partial charge in [-0.1, -0.05) is 11.6 Å². The van der Waals surface area contributed by atoms with Crippen molar-refractivity contribution >= 4 is 34.4 Å². The predicted molar refractivity (Wildman–Crippen MR) is 93.6 cm³/mol. The van der Waals surface area contributed by atoms with E-state index < -0.39 is 5.97 Å². The number of likely N-dealkylation sites (tertiary alicyclic amines) is 1. The van der Waals surface area contributed by atoms with E-state index in [0.29, 0.717) is 43.2 Å². The van der Waals surface area contributed by atoms with Crippen LogP contribution in [0, 0.1) is 12.8 Å². The molecule has 2 heterocycles. The van der Waals surface area contributed by atoms with Crippen LogP contribution in [0.4, 0.5) is 0 Å². The SMILES string of the molecule is CCn1c(C(=O)N2CCC(C(=O)O)CC2)c(C)c2cc(Cl)ccc21. The number of piperidine rings is 1. The van der Waals surface area contributed by atoms with Crippen molar-refractivity contribution in [2.75, 3.05) is 13.1 Å². The van der Waals surface area contributed by atoms with Crippen LogP contribution in [0.25, 0.3) is 10.9 Å². The molecule has 1 aliphatic heterocycles. The first kappa shape index (κ1) is 16.8. The molecule has 0 aliphatic carbocycles. The van der Waals surface area contributed by atoms with Gasteiger partial charge >= 0.3 is 5.97 Å². The van der Waals surface area contributed by atoms with Gasteiger partial charge < -0.3 is 14.6 Å². The highest BCUT2D eigenvalue weighted by atomic mass is 35.5. The maximum absolute atomic E-state index is 13.1. The van der Waals surface area contributed by atoms with E-state index in [1.165, 1.54) is 0 Å². The van der Waals surface area contributed by atoms with Gasteiger partial charge in [-0.05, 0) is 50.5 Å². The standard InChI is InChI=1S/C18H21ClN2O3/c1-3-21-15-5-4-13(19)10-14(15)11(2)16(21)17(22)20-8-6-12(7-9-20)18(23)24/h4-5,10,12H,3,6-9H2,1-2H3,(H,23,24). The Labute approximate surface area is 145 Å². The fraction of sp³-hybridized carbons (Fsp3) is 0.444. The van der Waals surface area contributed by atoms with Gasteiger partial charge in [0.15, 0.2) is 0 Å². The Morgan fingerprint density at radius 1 is 1.29 bits per heavy atom. The third kappa shape index (κ3) is 2.77. The van der Waals surface area contributed by atoms with E-state index in [-0.39, 0.29) is 11.8 Å². The first-order chi connectivity index (χ1) is 11.4. The zero-order chi connectivity index (χ0) is 17.4. The summed E-state index contributed by atoms with van der Waals surface area (Å²) in [6.07, 6.45) is 1.02. The summed E-state index contributed by atoms with van der Waals surface area (Å²) in [7, 11) is 0. The lowest BCUT2D eigenvalue weighted by Gasteiger charge is -2.30. The third-order valence-electron chi connectivity index (χ3n) is 4.93. The maximum atomic E-state index is 13.1. The summed E-state index contributed by atoms with van der Waals surface area (Å²) in [5, 5.41) is 10.8. The molecule has 0 atom stereocenters. The van der Waals surface area contributed by atoms with Crippen LogP contribution >= 0.6 is 11.6 Å². The molecular formula is C18H21ClN2O3. The lowest BCUT2D eigenvalue weighted by molar-refractivity contribution is -0.143. The quantitative estimate of drug-likeness (QED) is 0.922. The van der Waals surface area contributed by atoms with Gasteiger partial charge in [-0.2, -0.15) is 0 Å². The molecular weight excluding hydrogens is 328 g/mol. The molecule has 1 aromatic heterocycles. The highest BCUT2D eigenvalue weighted by Crippen LogP contribution is 2.30. The fourth-order valence-electron chi connectivity index (χ4n) is 3.58. The van der Waals surface area contributed by atoms with Gasteiger partial charge in [0.05, 0.1) is 5.92 Å². The van der Waals surface area contributed by atoms with Crippen LogP contribution in [0.15, 0.2) is 18.2 Å². The number of hydrogen-bond donors (Lipinski definition) is 1. The van der Waals surface area contributed by atoms with E-state index in [0.717, 1.165) is 16.5 Å². The molecule has 1 aliphatic rings. The summed E-state index contributed by atoms with van der Waals surface area (Å²) < 4.78 is 2.02. The molecule has 128 valence electrons. The number of aromatic nitrogens is 1. The second-order valence-corrected chi connectivity index (χ2v) is 6.72. The average molecular weight is 349 g/mol. The van der Waals surface area contributed by atoms with Crippen LogP contribution in [0.3, 0.4) is 0 Å². The number of aryl methyl sites for hydroxylation is 2. The summed E-state index contributed by atoms with van der Waals surface area (Å²) in [6.45, 7) is 5.63. The molecule has 2 aromatic rings. The van der Waals surface area contributed by atoms with Gasteiger partial charge in [0, 0.05) is 35.6 Å². The van der Waals surface area contributed by atoms with Gasteiger partial charge in [0.1, 0.15) is 5.69 Å². The first-order valence-electron chi connectivity index (χ1n) is 8.24. The number of nitrogens with zero attached hydrogens (tertiary/aromatic N) is 2. The van der Waals surface area contributed by atoms with E-state index in [9.17, 15) is 9.59 Å². The molecule has 1 N–H and O–H groups in total. The summed E-state index contributed by atoms with van der Waals surface area (Å²) in [5.74, 6) is -1.13. The van der Waals surface area contributed by atoms with Crippen LogP contribution < -0.4 is 0 Å². The molecule has 5 nitrogen and oxygen atoms in total. The normalized spacial score (nSPS) is 15.9. The average Bonchev–Trinajstić information content (AvgIpc) is 2.86. The minimum atomic E-state index is -0.768. The Bertz CT molecular complexity index is 804. The number of aliphatic carboxylic acids is 1. The molecule has 1 aromatic carbocycles. The van der Waals surface area contributed by atoms with Gasteiger partial charge in [-0.25, -0.2) is 0 Å². The number of benzene rings is 1. The minimum Gasteiger partial charge on any atom is -0.481 e. The van der Waals surface area contributed by atoms with Crippen molar-refractivity contribution in [1.29, 1.82) is 0 Å². The number of carbonyl (C=O) groups excluding carboxylic acids is 1. The summed E-state index contributed by atoms with van der Waals surface area (Å²) in [5.41, 5.74) is 2.62. The molecule has 24 heavy (non-hydrogen) atoms. The number of carboxylic acid groups (broad SMARTS) is 1. The molecule has 0 unspecified atom stereocenters. The number of amides is 1. The Morgan fingerprint density at radius 3 is 2.54 bits per heavy atom.